The third-order valence-electron chi connectivity index (χ3n) is 2.37. The molecule has 1 atom stereocenters. The Morgan fingerprint density at radius 3 is 2.75 bits per heavy atom. The molecule has 86 valence electrons. The second-order valence-electron chi connectivity index (χ2n) is 3.33. The van der Waals surface area contributed by atoms with E-state index in [2.05, 4.69) is 0 Å². The molecule has 0 amide bonds. The van der Waals surface area contributed by atoms with Crippen molar-refractivity contribution in [2.45, 2.75) is 19.4 Å². The van der Waals surface area contributed by atoms with Gasteiger partial charge in [-0.3, -0.25) is 0 Å². The first kappa shape index (κ1) is 12.0. The van der Waals surface area contributed by atoms with Gasteiger partial charge in [0.15, 0.2) is 0 Å². The summed E-state index contributed by atoms with van der Waals surface area (Å²) in [6.07, 6.45) is 1.53. The molecular weight excluding hydrogens is 267 g/mol. The fourth-order valence-electron chi connectivity index (χ4n) is 1.59. The molecule has 5 heteroatoms. The lowest BCUT2D eigenvalue weighted by atomic mass is 10.0. The monoisotopic (exact) mass is 276 g/mol. The van der Waals surface area contributed by atoms with Crippen LogP contribution in [0.25, 0.3) is 0 Å². The van der Waals surface area contributed by atoms with Crippen molar-refractivity contribution in [1.82, 2.24) is 0 Å². The summed E-state index contributed by atoms with van der Waals surface area (Å²) in [6, 6.07) is 3.44. The molecule has 0 aromatic carbocycles. The molecule has 0 aliphatic carbocycles. The lowest BCUT2D eigenvalue weighted by Gasteiger charge is -2.09. The minimum atomic E-state index is -0.773. The van der Waals surface area contributed by atoms with Gasteiger partial charge >= 0.3 is 0 Å². The molecule has 0 bridgehead atoms. The van der Waals surface area contributed by atoms with Crippen molar-refractivity contribution in [1.29, 1.82) is 0 Å². The van der Waals surface area contributed by atoms with Gasteiger partial charge in [0.2, 0.25) is 0 Å². The quantitative estimate of drug-likeness (QED) is 0.907. The Kier molecular flexibility index (Phi) is 3.60. The number of hydrogen-bond donors (Lipinski definition) is 1. The summed E-state index contributed by atoms with van der Waals surface area (Å²) in [5, 5.41) is 10.2. The molecule has 0 spiro atoms. The molecule has 0 radical (unpaired) electrons. The van der Waals surface area contributed by atoms with Crippen molar-refractivity contribution in [2.24, 2.45) is 0 Å². The maximum absolute atomic E-state index is 10.2. The molecule has 2 aromatic rings. The molecule has 2 nitrogen and oxygen atoms in total. The Hall–Kier alpha value is -0.480. The highest BCUT2D eigenvalue weighted by Crippen LogP contribution is 2.38. The van der Waals surface area contributed by atoms with E-state index >= 15 is 0 Å². The van der Waals surface area contributed by atoms with E-state index in [9.17, 15) is 5.11 Å². The van der Waals surface area contributed by atoms with Crippen LogP contribution in [0.1, 0.15) is 29.9 Å². The van der Waals surface area contributed by atoms with Crippen molar-refractivity contribution in [2.75, 3.05) is 0 Å². The van der Waals surface area contributed by atoms with Gasteiger partial charge in [0.25, 0.3) is 0 Å². The minimum absolute atomic E-state index is 0.515. The number of aliphatic hydroxyl groups is 1. The fourth-order valence-corrected chi connectivity index (χ4v) is 3.11. The number of furan rings is 1. The number of aryl methyl sites for hydroxylation is 1. The molecule has 1 unspecified atom stereocenters. The largest absolute Gasteiger partial charge is 0.469 e. The minimum Gasteiger partial charge on any atom is -0.469 e. The van der Waals surface area contributed by atoms with Crippen LogP contribution in [0.2, 0.25) is 8.67 Å². The van der Waals surface area contributed by atoms with Crippen LogP contribution >= 0.6 is 34.5 Å². The summed E-state index contributed by atoms with van der Waals surface area (Å²) in [5.41, 5.74) is 1.38. The number of rotatable bonds is 3. The van der Waals surface area contributed by atoms with Gasteiger partial charge in [-0.05, 0) is 12.1 Å². The molecule has 2 heterocycles. The summed E-state index contributed by atoms with van der Waals surface area (Å²) in [4.78, 5) is 0. The van der Waals surface area contributed by atoms with Gasteiger partial charge in [-0.2, -0.15) is 0 Å². The number of hydrogen-bond acceptors (Lipinski definition) is 3. The Bertz CT molecular complexity index is 490. The molecular formula is C11H10Cl2O2S. The van der Waals surface area contributed by atoms with E-state index in [0.29, 0.717) is 14.2 Å². The summed E-state index contributed by atoms with van der Waals surface area (Å²) >= 11 is 13.1. The molecule has 0 saturated carbocycles. The van der Waals surface area contributed by atoms with Crippen LogP contribution in [0.5, 0.6) is 0 Å². The SMILES string of the molecule is CCc1occc1C(O)c1cc(Cl)sc1Cl. The van der Waals surface area contributed by atoms with Gasteiger partial charge in [0, 0.05) is 17.5 Å². The van der Waals surface area contributed by atoms with Crippen LogP contribution in [-0.2, 0) is 6.42 Å². The molecule has 2 aromatic heterocycles. The zero-order valence-electron chi connectivity index (χ0n) is 8.54. The molecule has 0 aliphatic rings. The van der Waals surface area contributed by atoms with Crippen LogP contribution in [-0.4, -0.2) is 5.11 Å². The summed E-state index contributed by atoms with van der Waals surface area (Å²) in [5.74, 6) is 0.769. The zero-order chi connectivity index (χ0) is 11.7. The molecule has 2 rings (SSSR count). The van der Waals surface area contributed by atoms with Crippen molar-refractivity contribution >= 4 is 34.5 Å². The van der Waals surface area contributed by atoms with E-state index < -0.39 is 6.10 Å². The van der Waals surface area contributed by atoms with Crippen LogP contribution < -0.4 is 0 Å². The first-order valence-electron chi connectivity index (χ1n) is 4.82. The Morgan fingerprint density at radius 2 is 2.19 bits per heavy atom. The third-order valence-corrected chi connectivity index (χ3v) is 3.89. The maximum atomic E-state index is 10.2. The Balaban J connectivity index is 2.38. The maximum Gasteiger partial charge on any atom is 0.110 e. The summed E-state index contributed by atoms with van der Waals surface area (Å²) in [6.45, 7) is 1.97. The van der Waals surface area contributed by atoms with Crippen LogP contribution in [0.4, 0.5) is 0 Å². The van der Waals surface area contributed by atoms with Gasteiger partial charge < -0.3 is 9.52 Å². The highest BCUT2D eigenvalue weighted by molar-refractivity contribution is 7.20. The molecule has 0 saturated heterocycles. The first-order valence-corrected chi connectivity index (χ1v) is 6.39. The molecule has 1 N–H and O–H groups in total. The van der Waals surface area contributed by atoms with E-state index in [1.807, 2.05) is 6.92 Å². The fraction of sp³-hybridized carbons (Fsp3) is 0.273. The average molecular weight is 277 g/mol. The predicted octanol–water partition coefficient (Wildman–Crippen LogP) is 4.29. The second kappa shape index (κ2) is 4.80. The van der Waals surface area contributed by atoms with Gasteiger partial charge in [-0.15, -0.1) is 11.3 Å². The van der Waals surface area contributed by atoms with Crippen molar-refractivity contribution in [3.05, 3.63) is 44.0 Å². The number of halogens is 2. The van der Waals surface area contributed by atoms with Crippen molar-refractivity contribution in [3.8, 4) is 0 Å². The van der Waals surface area contributed by atoms with Gasteiger partial charge in [0.1, 0.15) is 16.2 Å². The zero-order valence-corrected chi connectivity index (χ0v) is 10.9. The van der Waals surface area contributed by atoms with Gasteiger partial charge in [-0.25, -0.2) is 0 Å². The lowest BCUT2D eigenvalue weighted by Crippen LogP contribution is -2.00. The van der Waals surface area contributed by atoms with Crippen LogP contribution in [0, 0.1) is 0 Å². The standard InChI is InChI=1S/C11H10Cl2O2S/c1-2-8-6(3-4-15-8)10(14)7-5-9(12)16-11(7)13/h3-5,10,14H,2H2,1H3. The Morgan fingerprint density at radius 1 is 1.44 bits per heavy atom. The number of aliphatic hydroxyl groups excluding tert-OH is 1. The predicted molar refractivity (Wildman–Crippen MR) is 66.5 cm³/mol. The van der Waals surface area contributed by atoms with Gasteiger partial charge in [0.05, 0.1) is 10.6 Å². The van der Waals surface area contributed by atoms with Crippen molar-refractivity contribution < 1.29 is 9.52 Å². The van der Waals surface area contributed by atoms with Crippen LogP contribution in [0.15, 0.2) is 22.8 Å². The Labute approximate surface area is 107 Å². The molecule has 16 heavy (non-hydrogen) atoms. The van der Waals surface area contributed by atoms with Gasteiger partial charge in [-0.1, -0.05) is 30.1 Å². The molecule has 0 aliphatic heterocycles. The van der Waals surface area contributed by atoms with E-state index in [1.165, 1.54) is 11.3 Å². The highest BCUT2D eigenvalue weighted by Gasteiger charge is 2.20. The smallest absolute Gasteiger partial charge is 0.110 e. The van der Waals surface area contributed by atoms with E-state index in [0.717, 1.165) is 17.7 Å². The topological polar surface area (TPSA) is 33.4 Å². The second-order valence-corrected chi connectivity index (χ2v) is 5.62. The summed E-state index contributed by atoms with van der Waals surface area (Å²) in [7, 11) is 0. The van der Waals surface area contributed by atoms with E-state index in [1.54, 1.807) is 18.4 Å². The van der Waals surface area contributed by atoms with Crippen molar-refractivity contribution in [3.63, 3.8) is 0 Å². The van der Waals surface area contributed by atoms with E-state index in [4.69, 9.17) is 27.6 Å². The number of thiophene rings is 1. The average Bonchev–Trinajstić information content (AvgIpc) is 2.83. The molecule has 0 fully saturated rings. The lowest BCUT2D eigenvalue weighted by molar-refractivity contribution is 0.218. The highest BCUT2D eigenvalue weighted by atomic mass is 35.5. The van der Waals surface area contributed by atoms with E-state index in [-0.39, 0.29) is 0 Å². The normalized spacial score (nSPS) is 13.0. The summed E-state index contributed by atoms with van der Waals surface area (Å²) < 4.78 is 6.36. The van der Waals surface area contributed by atoms with Crippen LogP contribution in [0.3, 0.4) is 0 Å². The third kappa shape index (κ3) is 2.13. The first-order chi connectivity index (χ1) is 7.63.